The van der Waals surface area contributed by atoms with E-state index in [4.69, 9.17) is 14.7 Å². The predicted molar refractivity (Wildman–Crippen MR) is 61.0 cm³/mol. The largest absolute Gasteiger partial charge is 0.493 e. The lowest BCUT2D eigenvalue weighted by atomic mass is 9.97. The van der Waals surface area contributed by atoms with Crippen molar-refractivity contribution in [2.45, 2.75) is 18.3 Å². The molecule has 0 N–H and O–H groups in total. The lowest BCUT2D eigenvalue weighted by Crippen LogP contribution is -2.05. The number of hydrogen-bond acceptors (Lipinski definition) is 3. The molecule has 0 bridgehead atoms. The molecule has 0 spiro atoms. The first-order chi connectivity index (χ1) is 8.25. The zero-order chi connectivity index (χ0) is 12.3. The highest BCUT2D eigenvalue weighted by molar-refractivity contribution is 5.49. The predicted octanol–water partition coefficient (Wildman–Crippen LogP) is 2.60. The van der Waals surface area contributed by atoms with Crippen molar-refractivity contribution in [3.05, 3.63) is 23.8 Å². The molecule has 1 aliphatic rings. The highest BCUT2D eigenvalue weighted by Gasteiger charge is 2.45. The summed E-state index contributed by atoms with van der Waals surface area (Å²) in [6, 6.07) is 7.74. The summed E-state index contributed by atoms with van der Waals surface area (Å²) in [6.45, 7) is -0.545. The Bertz CT molecular complexity index is 449. The zero-order valence-corrected chi connectivity index (χ0v) is 9.70. The summed E-state index contributed by atoms with van der Waals surface area (Å²) in [6.07, 6.45) is 1.75. The summed E-state index contributed by atoms with van der Waals surface area (Å²) < 4.78 is 22.5. The summed E-state index contributed by atoms with van der Waals surface area (Å²) >= 11 is 0. The van der Waals surface area contributed by atoms with Crippen LogP contribution in [0.25, 0.3) is 0 Å². The summed E-state index contributed by atoms with van der Waals surface area (Å²) in [7, 11) is 1.54. The lowest BCUT2D eigenvalue weighted by Gasteiger charge is -2.13. The molecule has 1 aliphatic carbocycles. The van der Waals surface area contributed by atoms with Gasteiger partial charge in [-0.15, -0.1) is 0 Å². The minimum absolute atomic E-state index is 0.000628. The fraction of sp³-hybridized carbons (Fsp3) is 0.462. The third-order valence-electron chi connectivity index (χ3n) is 3.01. The molecule has 1 aromatic carbocycles. The second-order valence-corrected chi connectivity index (χ2v) is 4.10. The van der Waals surface area contributed by atoms with Crippen molar-refractivity contribution in [1.29, 1.82) is 5.26 Å². The molecule has 0 amide bonds. The molecular formula is C13H14FNO2. The normalized spacial score (nSPS) is 16.1. The third-order valence-corrected chi connectivity index (χ3v) is 3.01. The number of methoxy groups -OCH3 is 1. The van der Waals surface area contributed by atoms with Gasteiger partial charge >= 0.3 is 0 Å². The van der Waals surface area contributed by atoms with Gasteiger partial charge < -0.3 is 9.47 Å². The number of halogens is 1. The Morgan fingerprint density at radius 3 is 2.71 bits per heavy atom. The van der Waals surface area contributed by atoms with Crippen LogP contribution in [0.15, 0.2) is 18.2 Å². The fourth-order valence-corrected chi connectivity index (χ4v) is 1.83. The Kier molecular flexibility index (Phi) is 3.19. The van der Waals surface area contributed by atoms with E-state index in [0.29, 0.717) is 11.5 Å². The number of alkyl halides is 1. The first-order valence-electron chi connectivity index (χ1n) is 5.54. The average Bonchev–Trinajstić information content (AvgIpc) is 3.17. The van der Waals surface area contributed by atoms with Crippen LogP contribution in [0.4, 0.5) is 4.39 Å². The van der Waals surface area contributed by atoms with Crippen molar-refractivity contribution in [3.63, 3.8) is 0 Å². The van der Waals surface area contributed by atoms with Crippen molar-refractivity contribution < 1.29 is 13.9 Å². The molecular weight excluding hydrogens is 221 g/mol. The standard InChI is InChI=1S/C13H14FNO2/c1-16-11-3-2-10(13(9-15)4-5-13)8-12(11)17-7-6-14/h2-3,8H,4-7H2,1H3. The molecule has 4 heteroatoms. The number of benzene rings is 1. The SMILES string of the molecule is COc1ccc(C2(C#N)CC2)cc1OCCF. The van der Waals surface area contributed by atoms with Crippen molar-refractivity contribution in [3.8, 4) is 17.6 Å². The molecule has 0 unspecified atom stereocenters. The van der Waals surface area contributed by atoms with Gasteiger partial charge in [0.2, 0.25) is 0 Å². The number of ether oxygens (including phenoxy) is 2. The molecule has 3 nitrogen and oxygen atoms in total. The van der Waals surface area contributed by atoms with Gasteiger partial charge in [0, 0.05) is 0 Å². The van der Waals surface area contributed by atoms with Gasteiger partial charge in [-0.3, -0.25) is 0 Å². The monoisotopic (exact) mass is 235 g/mol. The van der Waals surface area contributed by atoms with Gasteiger partial charge in [0.25, 0.3) is 0 Å². The van der Waals surface area contributed by atoms with Crippen LogP contribution in [-0.2, 0) is 5.41 Å². The van der Waals surface area contributed by atoms with Crippen LogP contribution in [0.3, 0.4) is 0 Å². The van der Waals surface area contributed by atoms with E-state index in [9.17, 15) is 4.39 Å². The Labute approximate surface area is 99.8 Å². The van der Waals surface area contributed by atoms with E-state index in [1.54, 1.807) is 12.1 Å². The van der Waals surface area contributed by atoms with Crippen LogP contribution in [0.1, 0.15) is 18.4 Å². The van der Waals surface area contributed by atoms with Gasteiger partial charge in [0.1, 0.15) is 13.3 Å². The van der Waals surface area contributed by atoms with Crippen molar-refractivity contribution >= 4 is 0 Å². The third kappa shape index (κ3) is 2.19. The smallest absolute Gasteiger partial charge is 0.161 e. The van der Waals surface area contributed by atoms with Crippen LogP contribution >= 0.6 is 0 Å². The van der Waals surface area contributed by atoms with E-state index in [1.807, 2.05) is 6.07 Å². The molecule has 0 saturated heterocycles. The highest BCUT2D eigenvalue weighted by atomic mass is 19.1. The van der Waals surface area contributed by atoms with Crippen LogP contribution in [-0.4, -0.2) is 20.4 Å². The van der Waals surface area contributed by atoms with Crippen molar-refractivity contribution in [1.82, 2.24) is 0 Å². The second kappa shape index (κ2) is 4.62. The molecule has 0 heterocycles. The van der Waals surface area contributed by atoms with E-state index in [2.05, 4.69) is 6.07 Å². The van der Waals surface area contributed by atoms with E-state index in [-0.39, 0.29) is 12.0 Å². The van der Waals surface area contributed by atoms with Gasteiger partial charge in [-0.25, -0.2) is 4.39 Å². The van der Waals surface area contributed by atoms with Crippen LogP contribution in [0.2, 0.25) is 0 Å². The maximum Gasteiger partial charge on any atom is 0.161 e. The number of rotatable bonds is 5. The van der Waals surface area contributed by atoms with Gasteiger partial charge in [0.05, 0.1) is 18.6 Å². The molecule has 1 fully saturated rings. The Morgan fingerprint density at radius 1 is 1.41 bits per heavy atom. The van der Waals surface area contributed by atoms with Gasteiger partial charge in [-0.05, 0) is 30.5 Å². The molecule has 0 aliphatic heterocycles. The molecule has 90 valence electrons. The second-order valence-electron chi connectivity index (χ2n) is 4.10. The van der Waals surface area contributed by atoms with Gasteiger partial charge in [-0.1, -0.05) is 6.07 Å². The molecule has 0 aromatic heterocycles. The molecule has 2 rings (SSSR count). The van der Waals surface area contributed by atoms with E-state index < -0.39 is 6.67 Å². The van der Waals surface area contributed by atoms with Crippen molar-refractivity contribution in [2.24, 2.45) is 0 Å². The Morgan fingerprint density at radius 2 is 2.18 bits per heavy atom. The van der Waals surface area contributed by atoms with Gasteiger partial charge in [-0.2, -0.15) is 5.26 Å². The summed E-state index contributed by atoms with van der Waals surface area (Å²) in [5, 5.41) is 9.12. The topological polar surface area (TPSA) is 42.2 Å². The van der Waals surface area contributed by atoms with E-state index in [0.717, 1.165) is 18.4 Å². The summed E-state index contributed by atoms with van der Waals surface area (Å²) in [5.74, 6) is 1.07. The lowest BCUT2D eigenvalue weighted by molar-refractivity contribution is 0.260. The van der Waals surface area contributed by atoms with Crippen molar-refractivity contribution in [2.75, 3.05) is 20.4 Å². The molecule has 1 saturated carbocycles. The minimum Gasteiger partial charge on any atom is -0.493 e. The van der Waals surface area contributed by atoms with Crippen LogP contribution in [0, 0.1) is 11.3 Å². The maximum atomic E-state index is 12.1. The molecule has 0 radical (unpaired) electrons. The fourth-order valence-electron chi connectivity index (χ4n) is 1.83. The van der Waals surface area contributed by atoms with Crippen LogP contribution in [0.5, 0.6) is 11.5 Å². The van der Waals surface area contributed by atoms with E-state index in [1.165, 1.54) is 7.11 Å². The molecule has 0 atom stereocenters. The first kappa shape index (κ1) is 11.7. The zero-order valence-electron chi connectivity index (χ0n) is 9.70. The summed E-state index contributed by atoms with van der Waals surface area (Å²) in [5.41, 5.74) is 0.565. The van der Waals surface area contributed by atoms with Crippen LogP contribution < -0.4 is 9.47 Å². The first-order valence-corrected chi connectivity index (χ1v) is 5.54. The maximum absolute atomic E-state index is 12.1. The quantitative estimate of drug-likeness (QED) is 0.787. The highest BCUT2D eigenvalue weighted by Crippen LogP contribution is 2.49. The average molecular weight is 235 g/mol. The van der Waals surface area contributed by atoms with E-state index >= 15 is 0 Å². The summed E-state index contributed by atoms with van der Waals surface area (Å²) in [4.78, 5) is 0. The van der Waals surface area contributed by atoms with Gasteiger partial charge in [0.15, 0.2) is 11.5 Å². The Hall–Kier alpha value is -1.76. The minimum atomic E-state index is -0.545. The molecule has 1 aromatic rings. The molecule has 17 heavy (non-hydrogen) atoms. The number of nitriles is 1. The number of nitrogens with zero attached hydrogens (tertiary/aromatic N) is 1. The number of hydrogen-bond donors (Lipinski definition) is 0. The Balaban J connectivity index is 2.29.